The van der Waals surface area contributed by atoms with Crippen LogP contribution in [0.1, 0.15) is 16.7 Å². The number of piperazine rings is 1. The second-order valence-electron chi connectivity index (χ2n) is 4.88. The van der Waals surface area contributed by atoms with Crippen molar-refractivity contribution in [1.82, 2.24) is 9.62 Å². The van der Waals surface area contributed by atoms with Gasteiger partial charge in [0, 0.05) is 26.2 Å². The molecule has 100 valence electrons. The average molecular weight is 268 g/mol. The van der Waals surface area contributed by atoms with Crippen molar-refractivity contribution >= 4 is 10.0 Å². The number of benzene rings is 1. The molecule has 0 atom stereocenters. The molecule has 1 aliphatic heterocycles. The van der Waals surface area contributed by atoms with Gasteiger partial charge in [-0.15, -0.1) is 0 Å². The van der Waals surface area contributed by atoms with E-state index in [4.69, 9.17) is 0 Å². The Hall–Kier alpha value is -0.910. The first-order valence-corrected chi connectivity index (χ1v) is 7.65. The smallest absolute Gasteiger partial charge is 0.243 e. The van der Waals surface area contributed by atoms with E-state index in [-0.39, 0.29) is 0 Å². The topological polar surface area (TPSA) is 49.4 Å². The highest BCUT2D eigenvalue weighted by Crippen LogP contribution is 2.25. The van der Waals surface area contributed by atoms with Crippen LogP contribution in [0.15, 0.2) is 17.0 Å². The van der Waals surface area contributed by atoms with Crippen LogP contribution in [0.2, 0.25) is 0 Å². The van der Waals surface area contributed by atoms with Crippen LogP contribution >= 0.6 is 0 Å². The molecule has 5 heteroatoms. The molecule has 1 aromatic carbocycles. The Labute approximate surface area is 109 Å². The van der Waals surface area contributed by atoms with E-state index >= 15 is 0 Å². The SMILES string of the molecule is Cc1cc(C)c(S(=O)(=O)N2CCNCC2)c(C)c1. The Kier molecular flexibility index (Phi) is 3.75. The van der Waals surface area contributed by atoms with Crippen LogP contribution in [0, 0.1) is 20.8 Å². The van der Waals surface area contributed by atoms with Gasteiger partial charge in [0.15, 0.2) is 0 Å². The summed E-state index contributed by atoms with van der Waals surface area (Å²) in [6.07, 6.45) is 0. The number of hydrogen-bond donors (Lipinski definition) is 1. The van der Waals surface area contributed by atoms with Crippen LogP contribution in [0.25, 0.3) is 0 Å². The van der Waals surface area contributed by atoms with Gasteiger partial charge in [-0.3, -0.25) is 0 Å². The van der Waals surface area contributed by atoms with E-state index in [1.165, 1.54) is 0 Å². The predicted molar refractivity (Wildman–Crippen MR) is 72.3 cm³/mol. The first kappa shape index (κ1) is 13.5. The van der Waals surface area contributed by atoms with E-state index in [0.717, 1.165) is 29.8 Å². The van der Waals surface area contributed by atoms with Crippen molar-refractivity contribution in [2.45, 2.75) is 25.7 Å². The van der Waals surface area contributed by atoms with E-state index in [0.29, 0.717) is 18.0 Å². The Morgan fingerprint density at radius 3 is 2.06 bits per heavy atom. The van der Waals surface area contributed by atoms with Crippen molar-refractivity contribution in [2.24, 2.45) is 0 Å². The lowest BCUT2D eigenvalue weighted by atomic mass is 10.1. The van der Waals surface area contributed by atoms with Gasteiger partial charge in [0.25, 0.3) is 0 Å². The minimum Gasteiger partial charge on any atom is -0.314 e. The molecular weight excluding hydrogens is 248 g/mol. The third kappa shape index (κ3) is 2.43. The van der Waals surface area contributed by atoms with Crippen LogP contribution in [0.3, 0.4) is 0 Å². The second kappa shape index (κ2) is 4.99. The van der Waals surface area contributed by atoms with E-state index in [1.807, 2.05) is 32.9 Å². The molecule has 1 heterocycles. The van der Waals surface area contributed by atoms with Crippen LogP contribution in [-0.2, 0) is 10.0 Å². The molecule has 1 fully saturated rings. The van der Waals surface area contributed by atoms with Gasteiger partial charge in [-0.05, 0) is 31.9 Å². The maximum absolute atomic E-state index is 12.6. The number of hydrogen-bond acceptors (Lipinski definition) is 3. The van der Waals surface area contributed by atoms with Gasteiger partial charge in [-0.2, -0.15) is 4.31 Å². The number of aryl methyl sites for hydroxylation is 3. The molecular formula is C13H20N2O2S. The van der Waals surface area contributed by atoms with Crippen LogP contribution in [0.5, 0.6) is 0 Å². The first-order chi connectivity index (χ1) is 8.43. The fourth-order valence-corrected chi connectivity index (χ4v) is 4.44. The van der Waals surface area contributed by atoms with Crippen molar-refractivity contribution in [2.75, 3.05) is 26.2 Å². The molecule has 0 amide bonds. The van der Waals surface area contributed by atoms with Crippen LogP contribution < -0.4 is 5.32 Å². The summed E-state index contributed by atoms with van der Waals surface area (Å²) >= 11 is 0. The minimum atomic E-state index is -3.35. The number of nitrogens with one attached hydrogen (secondary N) is 1. The predicted octanol–water partition coefficient (Wildman–Crippen LogP) is 1.21. The molecule has 0 spiro atoms. The highest BCUT2D eigenvalue weighted by Gasteiger charge is 2.28. The summed E-state index contributed by atoms with van der Waals surface area (Å²) in [5.41, 5.74) is 2.78. The maximum Gasteiger partial charge on any atom is 0.243 e. The lowest BCUT2D eigenvalue weighted by Gasteiger charge is -2.28. The Balaban J connectivity index is 2.47. The van der Waals surface area contributed by atoms with E-state index in [9.17, 15) is 8.42 Å². The van der Waals surface area contributed by atoms with Crippen LogP contribution in [0.4, 0.5) is 0 Å². The molecule has 0 aliphatic carbocycles. The summed E-state index contributed by atoms with van der Waals surface area (Å²) in [5, 5.41) is 3.17. The summed E-state index contributed by atoms with van der Waals surface area (Å²) < 4.78 is 26.9. The summed E-state index contributed by atoms with van der Waals surface area (Å²) in [6, 6.07) is 3.87. The van der Waals surface area contributed by atoms with Crippen molar-refractivity contribution in [3.05, 3.63) is 28.8 Å². The number of nitrogens with zero attached hydrogens (tertiary/aromatic N) is 1. The summed E-state index contributed by atoms with van der Waals surface area (Å²) in [7, 11) is -3.35. The van der Waals surface area contributed by atoms with Gasteiger partial charge in [-0.1, -0.05) is 17.7 Å². The van der Waals surface area contributed by atoms with Crippen LogP contribution in [-0.4, -0.2) is 38.9 Å². The molecule has 0 bridgehead atoms. The van der Waals surface area contributed by atoms with Gasteiger partial charge >= 0.3 is 0 Å². The Morgan fingerprint density at radius 1 is 1.06 bits per heavy atom. The molecule has 4 nitrogen and oxygen atoms in total. The van der Waals surface area contributed by atoms with Gasteiger partial charge in [0.1, 0.15) is 0 Å². The lowest BCUT2D eigenvalue weighted by molar-refractivity contribution is 0.360. The molecule has 0 unspecified atom stereocenters. The average Bonchev–Trinajstić information content (AvgIpc) is 2.28. The fraction of sp³-hybridized carbons (Fsp3) is 0.538. The molecule has 1 N–H and O–H groups in total. The van der Waals surface area contributed by atoms with Crippen molar-refractivity contribution in [1.29, 1.82) is 0 Å². The van der Waals surface area contributed by atoms with E-state index < -0.39 is 10.0 Å². The van der Waals surface area contributed by atoms with Gasteiger partial charge in [-0.25, -0.2) is 8.42 Å². The van der Waals surface area contributed by atoms with E-state index in [2.05, 4.69) is 5.32 Å². The lowest BCUT2D eigenvalue weighted by Crippen LogP contribution is -2.46. The Bertz CT molecular complexity index is 523. The van der Waals surface area contributed by atoms with Gasteiger partial charge in [0.05, 0.1) is 4.90 Å². The summed E-state index contributed by atoms with van der Waals surface area (Å²) in [5.74, 6) is 0. The zero-order valence-corrected chi connectivity index (χ0v) is 12.0. The second-order valence-corrected chi connectivity index (χ2v) is 6.76. The normalized spacial score (nSPS) is 17.9. The van der Waals surface area contributed by atoms with Gasteiger partial charge in [0.2, 0.25) is 10.0 Å². The minimum absolute atomic E-state index is 0.481. The molecule has 1 aliphatic rings. The molecule has 2 rings (SSSR count). The molecule has 1 saturated heterocycles. The quantitative estimate of drug-likeness (QED) is 0.877. The number of rotatable bonds is 2. The third-order valence-electron chi connectivity index (χ3n) is 3.28. The maximum atomic E-state index is 12.6. The molecule has 0 radical (unpaired) electrons. The zero-order chi connectivity index (χ0) is 13.3. The molecule has 18 heavy (non-hydrogen) atoms. The fourth-order valence-electron chi connectivity index (χ4n) is 2.59. The Morgan fingerprint density at radius 2 is 1.56 bits per heavy atom. The van der Waals surface area contributed by atoms with Crippen molar-refractivity contribution < 1.29 is 8.42 Å². The highest BCUT2D eigenvalue weighted by atomic mass is 32.2. The largest absolute Gasteiger partial charge is 0.314 e. The molecule has 0 aromatic heterocycles. The third-order valence-corrected chi connectivity index (χ3v) is 5.48. The van der Waals surface area contributed by atoms with Crippen molar-refractivity contribution in [3.8, 4) is 0 Å². The van der Waals surface area contributed by atoms with Crippen molar-refractivity contribution in [3.63, 3.8) is 0 Å². The van der Waals surface area contributed by atoms with Gasteiger partial charge < -0.3 is 5.32 Å². The molecule has 0 saturated carbocycles. The monoisotopic (exact) mass is 268 g/mol. The highest BCUT2D eigenvalue weighted by molar-refractivity contribution is 7.89. The summed E-state index contributed by atoms with van der Waals surface area (Å²) in [6.45, 7) is 8.28. The molecule has 1 aromatic rings. The zero-order valence-electron chi connectivity index (χ0n) is 11.2. The number of sulfonamides is 1. The first-order valence-electron chi connectivity index (χ1n) is 6.21. The standard InChI is InChI=1S/C13H20N2O2S/c1-10-8-11(2)13(12(3)9-10)18(16,17)15-6-4-14-5-7-15/h8-9,14H,4-7H2,1-3H3. The summed E-state index contributed by atoms with van der Waals surface area (Å²) in [4.78, 5) is 0.481. The van der Waals surface area contributed by atoms with E-state index in [1.54, 1.807) is 4.31 Å².